The molecule has 0 saturated heterocycles. The van der Waals surface area contributed by atoms with Crippen molar-refractivity contribution in [2.75, 3.05) is 5.75 Å². The van der Waals surface area contributed by atoms with E-state index in [1.54, 1.807) is 0 Å². The summed E-state index contributed by atoms with van der Waals surface area (Å²) in [5.41, 5.74) is -10.4. The molecule has 37 heavy (non-hydrogen) atoms. The van der Waals surface area contributed by atoms with Gasteiger partial charge in [-0.25, -0.2) is 4.79 Å². The smallest absolute Gasteiger partial charge is 0.327 e. The number of nitrogens with one attached hydrogen (secondary N) is 1. The Bertz CT molecular complexity index is 1350. The van der Waals surface area contributed by atoms with E-state index >= 15 is 0 Å². The zero-order chi connectivity index (χ0) is 27.7. The van der Waals surface area contributed by atoms with Crippen LogP contribution in [0.5, 0.6) is 5.75 Å². The van der Waals surface area contributed by atoms with E-state index in [4.69, 9.17) is 0 Å². The fourth-order valence-electron chi connectivity index (χ4n) is 5.00. The molecule has 3 aliphatic carbocycles. The van der Waals surface area contributed by atoms with Crippen molar-refractivity contribution >= 4 is 41.0 Å². The van der Waals surface area contributed by atoms with Gasteiger partial charge in [0.15, 0.2) is 17.2 Å². The molecule has 0 aromatic heterocycles. The van der Waals surface area contributed by atoms with Gasteiger partial charge in [-0.05, 0) is 19.1 Å². The molecule has 1 aromatic rings. The number of carbonyl (C=O) groups excluding carboxylic acids is 4. The summed E-state index contributed by atoms with van der Waals surface area (Å²) >= 11 is 0.558. The highest BCUT2D eigenvalue weighted by Gasteiger charge is 2.71. The summed E-state index contributed by atoms with van der Waals surface area (Å²) in [6.07, 6.45) is -2.17. The molecule has 7 N–H and O–H groups in total. The van der Waals surface area contributed by atoms with E-state index < -0.39 is 92.8 Å². The number of phenolic OH excluding ortho intramolecular Hbond substituents is 1. The van der Waals surface area contributed by atoms with Crippen molar-refractivity contribution in [1.82, 2.24) is 5.32 Å². The molecule has 0 aliphatic heterocycles. The molecular formula is C24H23NO11S. The number of aliphatic hydroxyl groups excluding tert-OH is 1. The molecule has 1 fully saturated rings. The van der Waals surface area contributed by atoms with Crippen molar-refractivity contribution in [3.63, 3.8) is 0 Å². The average Bonchev–Trinajstić information content (AvgIpc) is 2.80. The first-order valence-corrected chi connectivity index (χ1v) is 12.0. The first-order valence-electron chi connectivity index (χ1n) is 11.0. The molecule has 1 saturated carbocycles. The number of hydrogen-bond donors (Lipinski definition) is 7. The maximum absolute atomic E-state index is 13.5. The summed E-state index contributed by atoms with van der Waals surface area (Å²) in [5.74, 6) is -6.70. The lowest BCUT2D eigenvalue weighted by Gasteiger charge is -2.55. The number of benzene rings is 1. The topological polar surface area (TPSA) is 219 Å². The molecule has 4 rings (SSSR count). The average molecular weight is 534 g/mol. The molecule has 196 valence electrons. The van der Waals surface area contributed by atoms with E-state index in [2.05, 4.69) is 5.32 Å². The van der Waals surface area contributed by atoms with Crippen LogP contribution in [-0.4, -0.2) is 94.6 Å². The Hall–Kier alpha value is -3.36. The summed E-state index contributed by atoms with van der Waals surface area (Å²) in [4.78, 5) is 62.9. The fourth-order valence-corrected chi connectivity index (χ4v) is 6.23. The number of carbonyl (C=O) groups is 5. The molecule has 5 atom stereocenters. The number of aliphatic carboxylic acids is 1. The minimum atomic E-state index is -3.22. The van der Waals surface area contributed by atoms with Crippen molar-refractivity contribution in [2.24, 2.45) is 0 Å². The van der Waals surface area contributed by atoms with Crippen LogP contribution in [0.1, 0.15) is 41.0 Å². The number of thioether (sulfide) groups is 1. The zero-order valence-electron chi connectivity index (χ0n) is 19.5. The van der Waals surface area contributed by atoms with Gasteiger partial charge in [0.1, 0.15) is 23.5 Å². The van der Waals surface area contributed by atoms with Crippen molar-refractivity contribution in [3.8, 4) is 5.75 Å². The lowest BCUT2D eigenvalue weighted by Crippen LogP contribution is -2.75. The highest BCUT2D eigenvalue weighted by Crippen LogP contribution is 2.56. The molecule has 0 bridgehead atoms. The van der Waals surface area contributed by atoms with Gasteiger partial charge in [0.05, 0.1) is 16.7 Å². The predicted octanol–water partition coefficient (Wildman–Crippen LogP) is -1.17. The second kappa shape index (κ2) is 8.60. The Morgan fingerprint density at radius 1 is 1.16 bits per heavy atom. The van der Waals surface area contributed by atoms with Crippen LogP contribution in [0, 0.1) is 0 Å². The van der Waals surface area contributed by atoms with Gasteiger partial charge in [-0.15, -0.1) is 11.8 Å². The number of Topliss-reactive ketones (excluding diaryl/α,β-unsaturated/α-hetero) is 3. The normalized spacial score (nSPS) is 31.7. The standard InChI is InChI=1S/C24H23NO11S/c1-9(26)25-12(21(32)33)7-37-14-6-11-16(18(29)10-4-3-5-13(27)15(10)17(11)28)24(36)20(31)19(30)22(2,34)8-23(14,24)35/h3-6,12,19,27,30,34-36H,7-8H2,1-2H3,(H,25,26)(H,32,33). The van der Waals surface area contributed by atoms with E-state index in [0.29, 0.717) is 11.8 Å². The second-order valence-corrected chi connectivity index (χ2v) is 10.5. The fraction of sp³-hybridized carbons (Fsp3) is 0.375. The molecular weight excluding hydrogens is 510 g/mol. The Labute approximate surface area is 213 Å². The molecule has 0 heterocycles. The lowest BCUT2D eigenvalue weighted by molar-refractivity contribution is -0.210. The minimum absolute atomic E-state index is 0.347. The van der Waals surface area contributed by atoms with Crippen LogP contribution in [0.3, 0.4) is 0 Å². The zero-order valence-corrected chi connectivity index (χ0v) is 20.3. The monoisotopic (exact) mass is 533 g/mol. The van der Waals surface area contributed by atoms with Gasteiger partial charge in [0.2, 0.25) is 11.7 Å². The maximum Gasteiger partial charge on any atom is 0.327 e. The Kier molecular flexibility index (Phi) is 6.20. The number of aliphatic hydroxyl groups is 4. The van der Waals surface area contributed by atoms with Crippen LogP contribution in [-0.2, 0) is 14.4 Å². The van der Waals surface area contributed by atoms with Crippen LogP contribution in [0.25, 0.3) is 0 Å². The summed E-state index contributed by atoms with van der Waals surface area (Å²) in [5, 5.41) is 66.7. The molecule has 1 aromatic carbocycles. The molecule has 1 amide bonds. The number of fused-ring (bicyclic) bond motifs is 3. The van der Waals surface area contributed by atoms with Crippen LogP contribution in [0.2, 0.25) is 0 Å². The van der Waals surface area contributed by atoms with Crippen LogP contribution < -0.4 is 5.32 Å². The van der Waals surface area contributed by atoms with E-state index in [1.165, 1.54) is 12.1 Å². The lowest BCUT2D eigenvalue weighted by atomic mass is 9.56. The number of rotatable bonds is 5. The van der Waals surface area contributed by atoms with E-state index in [0.717, 1.165) is 26.0 Å². The second-order valence-electron chi connectivity index (χ2n) is 9.43. The van der Waals surface area contributed by atoms with Crippen LogP contribution in [0.15, 0.2) is 40.3 Å². The highest BCUT2D eigenvalue weighted by atomic mass is 32.2. The van der Waals surface area contributed by atoms with Gasteiger partial charge < -0.3 is 36.0 Å². The molecule has 0 radical (unpaired) electrons. The number of hydrogen-bond acceptors (Lipinski definition) is 11. The SMILES string of the molecule is CC(=O)NC(CSC1=CC2=C(C(=O)c3cccc(O)c3C2=O)C2(O)C(=O)C(O)C(C)(O)CC12O)C(=O)O. The number of carboxylic acid groups (broad SMARTS) is 1. The van der Waals surface area contributed by atoms with Gasteiger partial charge in [0, 0.05) is 35.1 Å². The Balaban J connectivity index is 1.94. The Morgan fingerprint density at radius 3 is 2.41 bits per heavy atom. The number of ketones is 3. The summed E-state index contributed by atoms with van der Waals surface area (Å²) in [6.45, 7) is 2.11. The van der Waals surface area contributed by atoms with Gasteiger partial charge >= 0.3 is 5.97 Å². The molecule has 3 aliphatic rings. The largest absolute Gasteiger partial charge is 0.507 e. The predicted molar refractivity (Wildman–Crippen MR) is 126 cm³/mol. The number of allylic oxidation sites excluding steroid dienone is 2. The molecule has 0 spiro atoms. The Morgan fingerprint density at radius 2 is 1.81 bits per heavy atom. The van der Waals surface area contributed by atoms with Crippen molar-refractivity contribution in [3.05, 3.63) is 51.5 Å². The third-order valence-corrected chi connectivity index (χ3v) is 8.05. The summed E-state index contributed by atoms with van der Waals surface area (Å²) in [7, 11) is 0. The summed E-state index contributed by atoms with van der Waals surface area (Å²) < 4.78 is 0. The third-order valence-electron chi connectivity index (χ3n) is 6.79. The van der Waals surface area contributed by atoms with Gasteiger partial charge in [-0.3, -0.25) is 19.2 Å². The van der Waals surface area contributed by atoms with E-state index in [1.807, 2.05) is 0 Å². The minimum Gasteiger partial charge on any atom is -0.507 e. The number of aromatic hydroxyl groups is 1. The van der Waals surface area contributed by atoms with E-state index in [9.17, 15) is 54.6 Å². The maximum atomic E-state index is 13.5. The highest BCUT2D eigenvalue weighted by molar-refractivity contribution is 8.03. The first kappa shape index (κ1) is 26.7. The first-order chi connectivity index (χ1) is 17.1. The molecule has 12 nitrogen and oxygen atoms in total. The van der Waals surface area contributed by atoms with Gasteiger partial charge in [0.25, 0.3) is 0 Å². The van der Waals surface area contributed by atoms with Gasteiger partial charge in [-0.1, -0.05) is 12.1 Å². The molecule has 13 heteroatoms. The van der Waals surface area contributed by atoms with Crippen molar-refractivity contribution in [2.45, 2.75) is 49.2 Å². The quantitative estimate of drug-likeness (QED) is 0.238. The third kappa shape index (κ3) is 3.73. The summed E-state index contributed by atoms with van der Waals surface area (Å²) in [6, 6.07) is 2.10. The molecule has 5 unspecified atom stereocenters. The van der Waals surface area contributed by atoms with Crippen LogP contribution in [0.4, 0.5) is 0 Å². The van der Waals surface area contributed by atoms with Crippen LogP contribution >= 0.6 is 11.8 Å². The van der Waals surface area contributed by atoms with E-state index in [-0.39, 0.29) is 10.5 Å². The van der Waals surface area contributed by atoms with Gasteiger partial charge in [-0.2, -0.15) is 0 Å². The number of carboxylic acids is 1. The number of amides is 1. The number of phenols is 1. The van der Waals surface area contributed by atoms with Crippen molar-refractivity contribution in [1.29, 1.82) is 0 Å². The van der Waals surface area contributed by atoms with Crippen molar-refractivity contribution < 1.29 is 54.6 Å².